The quantitative estimate of drug-likeness (QED) is 0.00846. The topological polar surface area (TPSA) is 921 Å². The second-order valence-electron chi connectivity index (χ2n) is 35.3. The fourth-order valence-electron chi connectivity index (χ4n) is 15.9. The molecule has 4 aromatic carbocycles. The van der Waals surface area contributed by atoms with E-state index in [0.717, 1.165) is 38.8 Å². The minimum Gasteiger partial charge on any atom is -0.508 e. The molecule has 4 aromatic rings. The van der Waals surface area contributed by atoms with Gasteiger partial charge in [0.1, 0.15) is 96.1 Å². The first-order chi connectivity index (χ1) is 70.5. The molecule has 0 aromatic heterocycles. The molecule has 21 amide bonds. The molecular formula is C92H142N34O20S2. The Bertz CT molecular complexity index is 5230. The fourth-order valence-corrected chi connectivity index (χ4v) is 18.2. The van der Waals surface area contributed by atoms with Gasteiger partial charge in [0.05, 0.1) is 0 Å². The number of urea groups is 3. The lowest BCUT2D eigenvalue weighted by Crippen LogP contribution is -2.61. The minimum atomic E-state index is -1.94. The van der Waals surface area contributed by atoms with Crippen LogP contribution in [-0.2, 0) is 91.2 Å². The summed E-state index contributed by atoms with van der Waals surface area (Å²) in [5.41, 5.74) is 51.6. The molecule has 148 heavy (non-hydrogen) atoms. The summed E-state index contributed by atoms with van der Waals surface area (Å²) < 4.78 is 0. The maximum atomic E-state index is 16.1. The van der Waals surface area contributed by atoms with Gasteiger partial charge in [-0.25, -0.2) is 14.4 Å². The minimum absolute atomic E-state index is 0.0138. The second kappa shape index (κ2) is 64.3. The zero-order valence-electron chi connectivity index (χ0n) is 82.3. The summed E-state index contributed by atoms with van der Waals surface area (Å²) in [6, 6.07) is -3.34. The van der Waals surface area contributed by atoms with Gasteiger partial charge >= 0.3 is 18.1 Å². The lowest BCUT2D eigenvalue weighted by atomic mass is 10.00. The van der Waals surface area contributed by atoms with E-state index in [2.05, 4.69) is 106 Å². The van der Waals surface area contributed by atoms with Crippen molar-refractivity contribution in [1.29, 1.82) is 21.6 Å². The third-order valence-electron chi connectivity index (χ3n) is 23.5. The fraction of sp³-hybridized carbons (Fsp3) is 0.522. The molecule has 0 unspecified atom stereocenters. The molecule has 2 aliphatic rings. The number of hydrogen-bond acceptors (Lipinski definition) is 27. The van der Waals surface area contributed by atoms with E-state index in [4.69, 9.17) is 73.2 Å². The Morgan fingerprint density at radius 1 is 0.399 bits per heavy atom. The summed E-state index contributed by atoms with van der Waals surface area (Å²) in [7, 11) is 1.46. The molecule has 2 saturated heterocycles. The average Bonchev–Trinajstić information content (AvgIpc) is 1.62. The Labute approximate surface area is 861 Å². The summed E-state index contributed by atoms with van der Waals surface area (Å²) in [6.45, 7) is 0.409. The van der Waals surface area contributed by atoms with Crippen LogP contribution >= 0.6 is 21.6 Å². The first-order valence-electron chi connectivity index (χ1n) is 48.4. The number of phenols is 2. The molecular weight excluding hydrogens is 1970 g/mol. The summed E-state index contributed by atoms with van der Waals surface area (Å²) >= 11 is 0. The lowest BCUT2D eigenvalue weighted by Gasteiger charge is -2.31. The summed E-state index contributed by atoms with van der Waals surface area (Å²) in [5, 5.41) is 106. The monoisotopic (exact) mass is 2110 g/mol. The molecule has 0 radical (unpaired) electrons. The van der Waals surface area contributed by atoms with Crippen LogP contribution in [0.5, 0.6) is 11.5 Å². The smallest absolute Gasteiger partial charge is 0.312 e. The van der Waals surface area contributed by atoms with Crippen molar-refractivity contribution in [2.45, 2.75) is 233 Å². The van der Waals surface area contributed by atoms with Crippen LogP contribution in [0.15, 0.2) is 91.0 Å². The summed E-state index contributed by atoms with van der Waals surface area (Å²) in [6.07, 6.45) is -3.07. The van der Waals surface area contributed by atoms with E-state index < -0.39 is 240 Å². The third kappa shape index (κ3) is 45.3. The molecule has 14 atom stereocenters. The Hall–Kier alpha value is -15.7. The number of primary amides is 4. The van der Waals surface area contributed by atoms with E-state index in [-0.39, 0.29) is 204 Å². The second-order valence-corrected chi connectivity index (χ2v) is 37.8. The summed E-state index contributed by atoms with van der Waals surface area (Å²) in [4.78, 5) is 264. The van der Waals surface area contributed by atoms with Crippen LogP contribution in [0.4, 0.5) is 14.4 Å². The molecule has 56 heteroatoms. The van der Waals surface area contributed by atoms with Crippen molar-refractivity contribution in [3.05, 3.63) is 108 Å². The number of rotatable bonds is 48. The van der Waals surface area contributed by atoms with Crippen LogP contribution in [0.3, 0.4) is 0 Å². The van der Waals surface area contributed by atoms with Crippen molar-refractivity contribution < 1.29 is 96.5 Å². The molecule has 812 valence electrons. The molecule has 2 fully saturated rings. The number of unbranched alkanes of at least 4 members (excludes halogenated alkanes) is 1. The first kappa shape index (κ1) is 121. The van der Waals surface area contributed by atoms with Crippen LogP contribution < -0.4 is 158 Å². The zero-order chi connectivity index (χ0) is 109. The van der Waals surface area contributed by atoms with Crippen molar-refractivity contribution in [3.63, 3.8) is 0 Å². The van der Waals surface area contributed by atoms with Crippen LogP contribution in [0.1, 0.15) is 146 Å². The van der Waals surface area contributed by atoms with Gasteiger partial charge in [0.2, 0.25) is 88.6 Å². The van der Waals surface area contributed by atoms with Gasteiger partial charge in [-0.15, -0.1) is 0 Å². The molecule has 2 aliphatic heterocycles. The molecule has 2 heterocycles. The number of amides is 21. The number of hydrogen-bond donors (Lipinski definition) is 35. The zero-order valence-corrected chi connectivity index (χ0v) is 83.9. The highest BCUT2D eigenvalue weighted by Gasteiger charge is 2.43. The summed E-state index contributed by atoms with van der Waals surface area (Å²) in [5.74, 6) is -18.8. The van der Waals surface area contributed by atoms with Gasteiger partial charge in [-0.1, -0.05) is 88.3 Å². The van der Waals surface area contributed by atoms with E-state index in [1.54, 1.807) is 36.4 Å². The van der Waals surface area contributed by atoms with Crippen molar-refractivity contribution in [2.24, 2.45) is 51.6 Å². The Balaban J connectivity index is 1.64. The number of aromatic hydroxyl groups is 2. The maximum Gasteiger partial charge on any atom is 0.312 e. The van der Waals surface area contributed by atoms with E-state index in [0.29, 0.717) is 16.5 Å². The van der Waals surface area contributed by atoms with Gasteiger partial charge in [-0.2, -0.15) is 0 Å². The van der Waals surface area contributed by atoms with Crippen LogP contribution in [-0.4, -0.2) is 301 Å². The van der Waals surface area contributed by atoms with E-state index in [1.165, 1.54) is 48.5 Å². The Morgan fingerprint density at radius 3 is 1.22 bits per heavy atom. The van der Waals surface area contributed by atoms with Crippen LogP contribution in [0.25, 0.3) is 10.8 Å². The maximum absolute atomic E-state index is 16.1. The van der Waals surface area contributed by atoms with Crippen molar-refractivity contribution in [1.82, 2.24) is 111 Å². The van der Waals surface area contributed by atoms with Gasteiger partial charge in [0, 0.05) is 90.0 Å². The number of benzene rings is 4. The Morgan fingerprint density at radius 2 is 0.777 bits per heavy atom. The van der Waals surface area contributed by atoms with Gasteiger partial charge < -0.3 is 173 Å². The molecule has 44 N–H and O–H groups in total. The van der Waals surface area contributed by atoms with Crippen molar-refractivity contribution >= 4 is 163 Å². The van der Waals surface area contributed by atoms with Gasteiger partial charge in [-0.3, -0.25) is 93.6 Å². The van der Waals surface area contributed by atoms with Crippen LogP contribution in [0.2, 0.25) is 0 Å². The molecule has 0 spiro atoms. The molecule has 0 saturated carbocycles. The van der Waals surface area contributed by atoms with E-state index in [1.807, 2.05) is 6.07 Å². The number of guanidine groups is 4. The number of nitrogens with two attached hydrogens (primary N) is 9. The van der Waals surface area contributed by atoms with E-state index in [9.17, 15) is 39.0 Å². The Kier molecular flexibility index (Phi) is 52.5. The molecule has 6 rings (SSSR count). The standard InChI is InChI=1S/C92H142N34O20S2/c1-50(127)113-59(18-7-37-107-87(97)98)73(131)116-63(20-9-39-109-89(101)102)77(135)121-68(47-53-25-30-54-14-2-3-15-55(54)44-53)81(139)125-70-49-148-147-48-69(82(140)114-58(72(94)130)17-6-36-106-86(95)96)124-78(136)64(22-11-41-111-91(104)145)117-75(133)62(21-10-40-110-90(103)144)119-80(138)67(46-52-28-33-57(129)34-29-52)123-84(142)71-24-13-43-126(71)85(143)65(23-12-42-112-92(105)146)120-76(134)60(16-4-5-35-93)115-74(132)61(19-8-38-108-88(99)100)118-79(137)66(122-83(70)141)45-51-26-31-56(128)32-27-51/h2-3,14-15,25-34,44,58-71,128-129H,4-13,16-24,35-43,45-49,93H2,1H3,(H2,94,130)(H,113,127)(H,114,140)(H,115,132)(H,116,131)(H,117,133)(H,118,137)(H,119,138)(H,120,134)(H,121,135)(H,122,141)(H,123,142)(H,124,136)(H,125,139)(H4,95,96,106)(H4,97,98,107)(H4,99,100,108)(H4,101,102,109)(H3,103,110,144)(H3,104,111,145)(H3,105,112,146)/t58-,59-,60-,61-,62-,63-,64-,65+,66-,67-,68-,69-,70-,71-/m0/s1. The van der Waals surface area contributed by atoms with Gasteiger partial charge in [0.25, 0.3) is 0 Å². The highest BCUT2D eigenvalue weighted by molar-refractivity contribution is 8.76. The molecule has 54 nitrogen and oxygen atoms in total. The number of nitrogens with one attached hydrogen (secondary N) is 24. The number of phenolic OH excluding ortho intramolecular Hbond substituents is 2. The van der Waals surface area contributed by atoms with Crippen molar-refractivity contribution in [3.8, 4) is 11.5 Å². The van der Waals surface area contributed by atoms with E-state index >= 15 is 57.5 Å². The number of nitrogens with zero attached hydrogens (tertiary/aromatic N) is 1. The average molecular weight is 2110 g/mol. The van der Waals surface area contributed by atoms with Crippen LogP contribution in [0, 0.1) is 21.6 Å². The highest BCUT2D eigenvalue weighted by Crippen LogP contribution is 2.27. The molecule has 0 bridgehead atoms. The predicted octanol–water partition coefficient (Wildman–Crippen LogP) is -7.00. The molecule has 0 aliphatic carbocycles. The highest BCUT2D eigenvalue weighted by atomic mass is 33.1. The number of carbonyl (C=O) groups is 18. The lowest BCUT2D eigenvalue weighted by molar-refractivity contribution is -0.142. The van der Waals surface area contributed by atoms with Gasteiger partial charge in [-0.05, 0) is 180 Å². The number of fused-ring (bicyclic) bond motifs is 2. The predicted molar refractivity (Wildman–Crippen MR) is 551 cm³/mol. The van der Waals surface area contributed by atoms with Crippen molar-refractivity contribution in [2.75, 3.05) is 70.4 Å². The first-order valence-corrected chi connectivity index (χ1v) is 50.9. The van der Waals surface area contributed by atoms with Gasteiger partial charge in [0.15, 0.2) is 23.8 Å². The largest absolute Gasteiger partial charge is 0.508 e. The normalized spacial score (nSPS) is 19.8. The SMILES string of the molecule is CC(=O)N[C@@H](CCCNC(=N)N)C(=O)N[C@@H](CCCNC(=N)N)C(=O)N[C@@H](Cc1ccc2ccccc2c1)C(=O)N[C@H]1CSSC[C@@H](C(=O)N[C@@H](CCCNC(=N)N)C(N)=O)NC(=O)[C@H](CCCNC(N)=O)NC(=O)[C@H](CCCNC(N)=O)NC(=O)[C@H](Cc2ccc(O)cc2)NC(=O)[C@@H]2CCCN2C(=O)[C@@H](CCCNC(N)=O)NC(=O)[C@H](CCCCN)NC(=O)[C@H](CCCNC(=N)N)NC(=O)[C@H](Cc2ccc(O)cc2)NC1=O. The third-order valence-corrected chi connectivity index (χ3v) is 25.9. The number of carbonyl (C=O) groups excluding carboxylic acids is 18.